The number of carbonyl (C=O) groups is 1. The molecule has 0 unspecified atom stereocenters. The maximum Gasteiger partial charge on any atom is 0.266 e. The summed E-state index contributed by atoms with van der Waals surface area (Å²) in [6, 6.07) is 6.09. The Labute approximate surface area is 194 Å². The zero-order valence-corrected chi connectivity index (χ0v) is 18.8. The summed E-state index contributed by atoms with van der Waals surface area (Å²) in [6.45, 7) is 2.26. The van der Waals surface area contributed by atoms with Crippen LogP contribution in [0.5, 0.6) is 0 Å². The molecule has 11 heteroatoms. The van der Waals surface area contributed by atoms with Gasteiger partial charge in [0, 0.05) is 38.1 Å². The Balaban J connectivity index is 1.07. The van der Waals surface area contributed by atoms with Crippen molar-refractivity contribution < 1.29 is 13.6 Å². The number of piperazine rings is 1. The molecule has 0 aromatic carbocycles. The summed E-state index contributed by atoms with van der Waals surface area (Å²) in [6.07, 6.45) is 6.28. The van der Waals surface area contributed by atoms with Crippen LogP contribution in [0.1, 0.15) is 49.2 Å². The normalized spacial score (nSPS) is 18.5. The molecule has 1 amide bonds. The van der Waals surface area contributed by atoms with Gasteiger partial charge in [0.05, 0.1) is 12.0 Å². The molecular weight excluding hydrogens is 442 g/mol. The number of anilines is 1. The molecule has 0 N–H and O–H groups in total. The lowest BCUT2D eigenvalue weighted by Gasteiger charge is -2.34. The van der Waals surface area contributed by atoms with Crippen molar-refractivity contribution in [2.75, 3.05) is 36.8 Å². The largest absolute Gasteiger partial charge is 0.459 e. The Hall–Kier alpha value is -3.26. The smallest absolute Gasteiger partial charge is 0.266 e. The predicted octanol–water partition coefficient (Wildman–Crippen LogP) is 3.05. The first-order valence-corrected chi connectivity index (χ1v) is 12.2. The second kappa shape index (κ2) is 8.26. The summed E-state index contributed by atoms with van der Waals surface area (Å²) in [4.78, 5) is 20.9. The highest BCUT2D eigenvalue weighted by atomic mass is 32.2. The summed E-state index contributed by atoms with van der Waals surface area (Å²) in [7, 11) is 0. The maximum atomic E-state index is 12.9. The third-order valence-corrected chi connectivity index (χ3v) is 7.16. The van der Waals surface area contributed by atoms with Crippen LogP contribution < -0.4 is 4.90 Å². The number of nitrogens with zero attached hydrogens (tertiary/aromatic N) is 7. The molecule has 0 radical (unpaired) electrons. The molecule has 4 heterocycles. The van der Waals surface area contributed by atoms with E-state index in [4.69, 9.17) is 8.83 Å². The number of oxazole rings is 1. The van der Waals surface area contributed by atoms with Gasteiger partial charge in [-0.05, 0) is 37.8 Å². The number of hydrogen-bond donors (Lipinski definition) is 0. The van der Waals surface area contributed by atoms with Crippen LogP contribution in [0, 0.1) is 11.3 Å². The van der Waals surface area contributed by atoms with E-state index in [1.807, 2.05) is 9.80 Å². The van der Waals surface area contributed by atoms with Gasteiger partial charge in [-0.25, -0.2) is 0 Å². The van der Waals surface area contributed by atoms with Gasteiger partial charge in [0.25, 0.3) is 5.89 Å². The molecule has 1 saturated heterocycles. The first kappa shape index (κ1) is 20.4. The fourth-order valence-electron chi connectivity index (χ4n) is 4.16. The molecule has 3 fully saturated rings. The van der Waals surface area contributed by atoms with Gasteiger partial charge >= 0.3 is 0 Å². The van der Waals surface area contributed by atoms with Crippen LogP contribution in [-0.4, -0.2) is 62.5 Å². The number of rotatable bonds is 7. The van der Waals surface area contributed by atoms with E-state index < -0.39 is 0 Å². The van der Waals surface area contributed by atoms with Crippen molar-refractivity contribution in [3.63, 3.8) is 0 Å². The molecule has 1 aliphatic heterocycles. The fourth-order valence-corrected chi connectivity index (χ4v) is 5.08. The Morgan fingerprint density at radius 3 is 2.67 bits per heavy atom. The molecule has 6 rings (SSSR count). The van der Waals surface area contributed by atoms with Crippen molar-refractivity contribution in [2.24, 2.45) is 0 Å². The summed E-state index contributed by atoms with van der Waals surface area (Å²) in [5.74, 6) is 3.29. The number of carbonyl (C=O) groups excluding carboxylic acids is 1. The van der Waals surface area contributed by atoms with Gasteiger partial charge in [0.2, 0.25) is 17.5 Å². The lowest BCUT2D eigenvalue weighted by atomic mass is 10.3. The number of amides is 1. The molecule has 0 bridgehead atoms. The van der Waals surface area contributed by atoms with Crippen molar-refractivity contribution in [3.05, 3.63) is 29.9 Å². The second-order valence-electron chi connectivity index (χ2n) is 8.63. The molecule has 2 saturated carbocycles. The average molecular weight is 466 g/mol. The van der Waals surface area contributed by atoms with E-state index >= 15 is 0 Å². The van der Waals surface area contributed by atoms with Crippen molar-refractivity contribution in [2.45, 2.75) is 42.8 Å². The van der Waals surface area contributed by atoms with Crippen LogP contribution in [0.4, 0.5) is 5.88 Å². The lowest BCUT2D eigenvalue weighted by molar-refractivity contribution is -0.128. The summed E-state index contributed by atoms with van der Waals surface area (Å²) in [5, 5.41) is 19.2. The van der Waals surface area contributed by atoms with Crippen LogP contribution in [0.3, 0.4) is 0 Å². The quantitative estimate of drug-likeness (QED) is 0.485. The standard InChI is InChI=1S/C22H23N7O3S/c23-12-16-21(32-20(24-16)17-2-1-11-31-17)28-9-7-27(8-10-28)18(30)13-33-22-26-25-19(14-3-4-14)29(22)15-5-6-15/h1-2,11,14-15H,3-10,13H2. The van der Waals surface area contributed by atoms with Gasteiger partial charge in [-0.1, -0.05) is 11.8 Å². The second-order valence-corrected chi connectivity index (χ2v) is 9.58. The molecular formula is C22H23N7O3S. The van der Waals surface area contributed by atoms with Crippen molar-refractivity contribution >= 4 is 23.6 Å². The first-order chi connectivity index (χ1) is 16.2. The van der Waals surface area contributed by atoms with E-state index in [2.05, 4.69) is 25.8 Å². The van der Waals surface area contributed by atoms with E-state index in [1.165, 1.54) is 43.7 Å². The van der Waals surface area contributed by atoms with Crippen LogP contribution >= 0.6 is 11.8 Å². The molecule has 10 nitrogen and oxygen atoms in total. The third kappa shape index (κ3) is 3.99. The molecule has 0 atom stereocenters. The van der Waals surface area contributed by atoms with Crippen molar-refractivity contribution in [3.8, 4) is 17.7 Å². The minimum Gasteiger partial charge on any atom is -0.459 e. The number of nitriles is 1. The lowest BCUT2D eigenvalue weighted by Crippen LogP contribution is -2.49. The molecule has 3 aromatic rings. The van der Waals surface area contributed by atoms with Gasteiger partial charge in [-0.2, -0.15) is 10.2 Å². The minimum absolute atomic E-state index is 0.0901. The Morgan fingerprint density at radius 1 is 1.18 bits per heavy atom. The number of aromatic nitrogens is 4. The average Bonchev–Trinajstić information content (AvgIpc) is 3.72. The van der Waals surface area contributed by atoms with E-state index in [1.54, 1.807) is 12.1 Å². The first-order valence-electron chi connectivity index (χ1n) is 11.3. The topological polar surface area (TPSA) is 117 Å². The van der Waals surface area contributed by atoms with Gasteiger partial charge in [0.15, 0.2) is 10.9 Å². The summed E-state index contributed by atoms with van der Waals surface area (Å²) < 4.78 is 13.4. The fraction of sp³-hybridized carbons (Fsp3) is 0.500. The number of furan rings is 1. The predicted molar refractivity (Wildman–Crippen MR) is 119 cm³/mol. The van der Waals surface area contributed by atoms with E-state index in [-0.39, 0.29) is 17.5 Å². The highest BCUT2D eigenvalue weighted by molar-refractivity contribution is 7.99. The van der Waals surface area contributed by atoms with E-state index in [0.717, 1.165) is 11.0 Å². The zero-order chi connectivity index (χ0) is 22.4. The molecule has 2 aliphatic carbocycles. The molecule has 170 valence electrons. The highest BCUT2D eigenvalue weighted by Gasteiger charge is 2.36. The highest BCUT2D eigenvalue weighted by Crippen LogP contribution is 2.46. The zero-order valence-electron chi connectivity index (χ0n) is 18.0. The van der Waals surface area contributed by atoms with Gasteiger partial charge in [0.1, 0.15) is 11.9 Å². The molecule has 3 aliphatic rings. The van der Waals surface area contributed by atoms with Gasteiger partial charge in [-0.15, -0.1) is 10.2 Å². The summed E-state index contributed by atoms with van der Waals surface area (Å²) in [5.41, 5.74) is 0.225. The Morgan fingerprint density at radius 2 is 2.00 bits per heavy atom. The van der Waals surface area contributed by atoms with Crippen molar-refractivity contribution in [1.82, 2.24) is 24.6 Å². The minimum atomic E-state index is 0.0901. The van der Waals surface area contributed by atoms with E-state index in [0.29, 0.717) is 55.5 Å². The van der Waals surface area contributed by atoms with Crippen LogP contribution in [-0.2, 0) is 4.79 Å². The molecule has 33 heavy (non-hydrogen) atoms. The summed E-state index contributed by atoms with van der Waals surface area (Å²) >= 11 is 1.49. The third-order valence-electron chi connectivity index (χ3n) is 6.24. The van der Waals surface area contributed by atoms with Crippen LogP contribution in [0.15, 0.2) is 32.4 Å². The number of hydrogen-bond acceptors (Lipinski definition) is 9. The number of thioether (sulfide) groups is 1. The SMILES string of the molecule is N#Cc1nc(-c2ccco2)oc1N1CCN(C(=O)CSc2nnc(C3CC3)n2C2CC2)CC1. The monoisotopic (exact) mass is 465 g/mol. The van der Waals surface area contributed by atoms with Gasteiger partial charge < -0.3 is 23.2 Å². The Kier molecular flexibility index (Phi) is 5.10. The van der Waals surface area contributed by atoms with Gasteiger partial charge in [-0.3, -0.25) is 4.79 Å². The van der Waals surface area contributed by atoms with E-state index in [9.17, 15) is 10.1 Å². The molecule has 0 spiro atoms. The van der Waals surface area contributed by atoms with Crippen LogP contribution in [0.25, 0.3) is 11.7 Å². The van der Waals surface area contributed by atoms with Crippen molar-refractivity contribution in [1.29, 1.82) is 5.26 Å². The molecule has 3 aromatic heterocycles. The Bertz CT molecular complexity index is 1200. The maximum absolute atomic E-state index is 12.9. The van der Waals surface area contributed by atoms with Crippen LogP contribution in [0.2, 0.25) is 0 Å².